The number of carbonyl (C=O) groups excluding carboxylic acids is 2. The van der Waals surface area contributed by atoms with Crippen molar-refractivity contribution in [2.75, 3.05) is 26.3 Å². The SMILES string of the molecule is CC(C)(C)OC(=O)NC1(C(=O)N[C@H](C#N)Cc2ccc(-c3ccc(S(=O)(=O)N4CCC4)cc3)cc2)CCOCC1. The molecular formula is C29H36N4O6S. The molecule has 2 heterocycles. The van der Waals surface area contributed by atoms with E-state index in [9.17, 15) is 23.3 Å². The van der Waals surface area contributed by atoms with E-state index >= 15 is 0 Å². The molecular weight excluding hydrogens is 532 g/mol. The van der Waals surface area contributed by atoms with Crippen molar-refractivity contribution in [3.63, 3.8) is 0 Å². The zero-order chi connectivity index (χ0) is 29.0. The van der Waals surface area contributed by atoms with Crippen LogP contribution in [0.1, 0.15) is 45.6 Å². The van der Waals surface area contributed by atoms with Crippen LogP contribution in [0.2, 0.25) is 0 Å². The van der Waals surface area contributed by atoms with E-state index < -0.39 is 39.2 Å². The van der Waals surface area contributed by atoms with Crippen molar-refractivity contribution < 1.29 is 27.5 Å². The van der Waals surface area contributed by atoms with Crippen LogP contribution in [0, 0.1) is 11.3 Å². The van der Waals surface area contributed by atoms with E-state index in [1.165, 1.54) is 4.31 Å². The number of nitriles is 1. The molecule has 2 amide bonds. The molecule has 2 fully saturated rings. The maximum Gasteiger partial charge on any atom is 0.408 e. The molecule has 11 heteroatoms. The summed E-state index contributed by atoms with van der Waals surface area (Å²) in [6.45, 7) is 6.95. The van der Waals surface area contributed by atoms with E-state index in [0.29, 0.717) is 26.3 Å². The Hall–Kier alpha value is -3.46. The van der Waals surface area contributed by atoms with Crippen molar-refractivity contribution in [2.45, 2.75) is 68.5 Å². The highest BCUT2D eigenvalue weighted by Crippen LogP contribution is 2.26. The lowest BCUT2D eigenvalue weighted by Gasteiger charge is -2.37. The fourth-order valence-electron chi connectivity index (χ4n) is 4.62. The fraction of sp³-hybridized carbons (Fsp3) is 0.483. The Labute approximate surface area is 235 Å². The van der Waals surface area contributed by atoms with Crippen LogP contribution < -0.4 is 10.6 Å². The third-order valence-electron chi connectivity index (χ3n) is 7.02. The van der Waals surface area contributed by atoms with Crippen molar-refractivity contribution >= 4 is 22.0 Å². The summed E-state index contributed by atoms with van der Waals surface area (Å²) >= 11 is 0. The predicted molar refractivity (Wildman–Crippen MR) is 149 cm³/mol. The van der Waals surface area contributed by atoms with Gasteiger partial charge in [0.15, 0.2) is 0 Å². The maximum atomic E-state index is 13.3. The first-order chi connectivity index (χ1) is 18.9. The zero-order valence-electron chi connectivity index (χ0n) is 23.1. The molecule has 2 N–H and O–H groups in total. The van der Waals surface area contributed by atoms with Crippen LogP contribution in [0.3, 0.4) is 0 Å². The molecule has 40 heavy (non-hydrogen) atoms. The minimum atomic E-state index is -3.43. The van der Waals surface area contributed by atoms with Gasteiger partial charge in [0.25, 0.3) is 0 Å². The molecule has 0 saturated carbocycles. The van der Waals surface area contributed by atoms with Crippen LogP contribution in [0.25, 0.3) is 11.1 Å². The Balaban J connectivity index is 1.40. The van der Waals surface area contributed by atoms with Gasteiger partial charge in [0.05, 0.1) is 11.0 Å². The number of benzene rings is 2. The first-order valence-electron chi connectivity index (χ1n) is 13.4. The summed E-state index contributed by atoms with van der Waals surface area (Å²) in [7, 11) is -3.43. The maximum absolute atomic E-state index is 13.3. The second kappa shape index (κ2) is 12.0. The molecule has 0 radical (unpaired) electrons. The molecule has 0 spiro atoms. The molecule has 1 atom stereocenters. The summed E-state index contributed by atoms with van der Waals surface area (Å²) in [6, 6.07) is 15.7. The summed E-state index contributed by atoms with van der Waals surface area (Å²) in [5.74, 6) is -0.446. The van der Waals surface area contributed by atoms with E-state index in [4.69, 9.17) is 9.47 Å². The highest BCUT2D eigenvalue weighted by atomic mass is 32.2. The minimum absolute atomic E-state index is 0.267. The Morgan fingerprint density at radius 1 is 1.05 bits per heavy atom. The second-order valence-corrected chi connectivity index (χ2v) is 13.1. The topological polar surface area (TPSA) is 138 Å². The number of carbonyl (C=O) groups is 2. The van der Waals surface area contributed by atoms with Gasteiger partial charge < -0.3 is 20.1 Å². The predicted octanol–water partition coefficient (Wildman–Crippen LogP) is 3.37. The number of sulfonamides is 1. The average Bonchev–Trinajstić information content (AvgIpc) is 2.87. The minimum Gasteiger partial charge on any atom is -0.444 e. The third-order valence-corrected chi connectivity index (χ3v) is 8.93. The van der Waals surface area contributed by atoms with Gasteiger partial charge in [-0.3, -0.25) is 4.79 Å². The molecule has 214 valence electrons. The molecule has 4 rings (SSSR count). The Morgan fingerprint density at radius 3 is 2.12 bits per heavy atom. The molecule has 0 aliphatic carbocycles. The number of nitrogens with zero attached hydrogens (tertiary/aromatic N) is 2. The third kappa shape index (κ3) is 6.99. The van der Waals surface area contributed by atoms with Crippen LogP contribution in [-0.2, 0) is 30.7 Å². The Morgan fingerprint density at radius 2 is 1.62 bits per heavy atom. The quantitative estimate of drug-likeness (QED) is 0.498. The number of rotatable bonds is 8. The summed E-state index contributed by atoms with van der Waals surface area (Å²) in [6.07, 6.45) is 0.999. The first kappa shape index (κ1) is 29.5. The number of alkyl carbamates (subject to hydrolysis) is 1. The van der Waals surface area contributed by atoms with E-state index in [-0.39, 0.29) is 24.2 Å². The average molecular weight is 569 g/mol. The van der Waals surface area contributed by atoms with Gasteiger partial charge in [-0.2, -0.15) is 9.57 Å². The van der Waals surface area contributed by atoms with Gasteiger partial charge >= 0.3 is 6.09 Å². The van der Waals surface area contributed by atoms with Gasteiger partial charge in [-0.05, 0) is 56.0 Å². The van der Waals surface area contributed by atoms with Gasteiger partial charge in [0, 0.05) is 45.6 Å². The van der Waals surface area contributed by atoms with Crippen LogP contribution in [0.4, 0.5) is 4.79 Å². The van der Waals surface area contributed by atoms with E-state index in [0.717, 1.165) is 23.1 Å². The monoisotopic (exact) mass is 568 g/mol. The summed E-state index contributed by atoms with van der Waals surface area (Å²) in [4.78, 5) is 26.1. The lowest BCUT2D eigenvalue weighted by Crippen LogP contribution is -2.63. The van der Waals surface area contributed by atoms with Gasteiger partial charge in [-0.25, -0.2) is 13.2 Å². The number of nitrogens with one attached hydrogen (secondary N) is 2. The Bertz CT molecular complexity index is 1350. The van der Waals surface area contributed by atoms with Crippen LogP contribution in [0.5, 0.6) is 0 Å². The summed E-state index contributed by atoms with van der Waals surface area (Å²) in [5.41, 5.74) is 0.663. The molecule has 2 aromatic rings. The molecule has 2 aliphatic rings. The van der Waals surface area contributed by atoms with Crippen molar-refractivity contribution in [2.24, 2.45) is 0 Å². The van der Waals surface area contributed by atoms with Crippen LogP contribution >= 0.6 is 0 Å². The highest BCUT2D eigenvalue weighted by Gasteiger charge is 2.43. The number of ether oxygens (including phenoxy) is 2. The standard InChI is InChI=1S/C29H36N4O6S/c1-28(2,3)39-27(35)32-29(13-17-38-18-14-29)26(34)31-24(20-30)19-21-5-7-22(8-6-21)23-9-11-25(12-10-23)40(36,37)33-15-4-16-33/h5-12,24H,4,13-19H2,1-3H3,(H,31,34)(H,32,35)/t24-/m0/s1. The van der Waals surface area contributed by atoms with Gasteiger partial charge in [0.2, 0.25) is 15.9 Å². The van der Waals surface area contributed by atoms with Crippen LogP contribution in [-0.4, -0.2) is 68.2 Å². The summed E-state index contributed by atoms with van der Waals surface area (Å²) in [5, 5.41) is 15.3. The first-order valence-corrected chi connectivity index (χ1v) is 14.8. The molecule has 0 bridgehead atoms. The molecule has 2 aliphatic heterocycles. The molecule has 2 saturated heterocycles. The van der Waals surface area contributed by atoms with E-state index in [1.54, 1.807) is 45.0 Å². The molecule has 2 aromatic carbocycles. The number of hydrogen-bond donors (Lipinski definition) is 2. The largest absolute Gasteiger partial charge is 0.444 e. The van der Waals surface area contributed by atoms with Gasteiger partial charge in [-0.1, -0.05) is 36.4 Å². The van der Waals surface area contributed by atoms with Crippen molar-refractivity contribution in [1.29, 1.82) is 5.26 Å². The van der Waals surface area contributed by atoms with Gasteiger partial charge in [0.1, 0.15) is 17.2 Å². The van der Waals surface area contributed by atoms with E-state index in [2.05, 4.69) is 16.7 Å². The Kier molecular flexibility index (Phi) is 8.83. The smallest absolute Gasteiger partial charge is 0.408 e. The van der Waals surface area contributed by atoms with Gasteiger partial charge in [-0.15, -0.1) is 0 Å². The summed E-state index contributed by atoms with van der Waals surface area (Å²) < 4.78 is 37.4. The molecule has 0 aromatic heterocycles. The second-order valence-electron chi connectivity index (χ2n) is 11.2. The van der Waals surface area contributed by atoms with Crippen molar-refractivity contribution in [3.8, 4) is 17.2 Å². The van der Waals surface area contributed by atoms with Crippen molar-refractivity contribution in [3.05, 3.63) is 54.1 Å². The molecule has 10 nitrogen and oxygen atoms in total. The fourth-order valence-corrected chi connectivity index (χ4v) is 6.14. The zero-order valence-corrected chi connectivity index (χ0v) is 23.9. The number of amides is 2. The molecule has 0 unspecified atom stereocenters. The lowest BCUT2D eigenvalue weighted by molar-refractivity contribution is -0.132. The normalized spacial score (nSPS) is 18.1. The number of hydrogen-bond acceptors (Lipinski definition) is 7. The van der Waals surface area contributed by atoms with Crippen molar-refractivity contribution in [1.82, 2.24) is 14.9 Å². The lowest BCUT2D eigenvalue weighted by atomic mass is 9.88. The van der Waals surface area contributed by atoms with E-state index in [1.807, 2.05) is 24.3 Å². The van der Waals surface area contributed by atoms with Crippen LogP contribution in [0.15, 0.2) is 53.4 Å². The highest BCUT2D eigenvalue weighted by molar-refractivity contribution is 7.89.